The van der Waals surface area contributed by atoms with Crippen LogP contribution >= 0.6 is 0 Å². The highest BCUT2D eigenvalue weighted by Crippen LogP contribution is 2.51. The molecule has 8 rings (SSSR count). The number of nitrogens with zero attached hydrogens (tertiary/aromatic N) is 2. The van der Waals surface area contributed by atoms with Gasteiger partial charge < -0.3 is 9.80 Å². The van der Waals surface area contributed by atoms with E-state index in [0.29, 0.717) is 35.5 Å². The summed E-state index contributed by atoms with van der Waals surface area (Å²) in [4.78, 5) is 5.06. The number of anilines is 6. The minimum absolute atomic E-state index is 0.317. The Balaban J connectivity index is 1.48. The van der Waals surface area contributed by atoms with Gasteiger partial charge in [-0.15, -0.1) is 0 Å². The minimum Gasteiger partial charge on any atom is -0.310 e. The molecule has 0 N–H and O–H groups in total. The summed E-state index contributed by atoms with van der Waals surface area (Å²) in [6.07, 6.45) is 0. The first-order valence-corrected chi connectivity index (χ1v) is 22.9. The summed E-state index contributed by atoms with van der Waals surface area (Å²) in [6.45, 7) is 29.9. The molecule has 0 unspecified atom stereocenters. The Morgan fingerprint density at radius 1 is 0.295 bits per heavy atom. The molecular weight excluding hydrogens is 737 g/mol. The first kappa shape index (κ1) is 42.1. The summed E-state index contributed by atoms with van der Waals surface area (Å²) in [5.41, 5.74) is 16.6. The SMILES string of the molecule is Cc1cc(C(C)C)ccc1N(c1ccc(C(C)C)cc1)c1cc(C(C)C)c2ccc3c(N(c4ccc(C(C)C)cc4)c4ccc(C(C)C)cc4)cc(C(C)C)c4ccc1c2c43. The normalized spacial score (nSPS) is 12.2. The molecule has 0 bridgehead atoms. The second-order valence-electron chi connectivity index (χ2n) is 19.5. The van der Waals surface area contributed by atoms with E-state index >= 15 is 0 Å². The molecule has 0 amide bonds. The third kappa shape index (κ3) is 7.69. The first-order chi connectivity index (χ1) is 29.1. The minimum atomic E-state index is 0.317. The maximum absolute atomic E-state index is 2.55. The molecular formula is C59H66N2. The molecule has 0 aliphatic carbocycles. The molecule has 0 saturated heterocycles. The fourth-order valence-electron chi connectivity index (χ4n) is 9.48. The van der Waals surface area contributed by atoms with Gasteiger partial charge in [0.15, 0.2) is 0 Å². The number of hydrogen-bond acceptors (Lipinski definition) is 2. The highest BCUT2D eigenvalue weighted by Gasteiger charge is 2.27. The molecule has 0 aliphatic heterocycles. The quantitative estimate of drug-likeness (QED) is 0.114. The van der Waals surface area contributed by atoms with Gasteiger partial charge >= 0.3 is 0 Å². The lowest BCUT2D eigenvalue weighted by Gasteiger charge is -2.32. The van der Waals surface area contributed by atoms with E-state index in [9.17, 15) is 0 Å². The maximum Gasteiger partial charge on any atom is 0.0543 e. The molecule has 2 nitrogen and oxygen atoms in total. The molecule has 0 radical (unpaired) electrons. The zero-order chi connectivity index (χ0) is 43.4. The van der Waals surface area contributed by atoms with E-state index in [1.807, 2.05) is 0 Å². The molecule has 0 spiro atoms. The van der Waals surface area contributed by atoms with Crippen LogP contribution in [-0.4, -0.2) is 0 Å². The van der Waals surface area contributed by atoms with E-state index in [-0.39, 0.29) is 0 Å². The van der Waals surface area contributed by atoms with Gasteiger partial charge in [-0.3, -0.25) is 0 Å². The van der Waals surface area contributed by atoms with E-state index < -0.39 is 0 Å². The van der Waals surface area contributed by atoms with Crippen molar-refractivity contribution in [3.63, 3.8) is 0 Å². The Hall–Kier alpha value is -5.60. The highest BCUT2D eigenvalue weighted by molar-refractivity contribution is 6.29. The smallest absolute Gasteiger partial charge is 0.0543 e. The molecule has 61 heavy (non-hydrogen) atoms. The van der Waals surface area contributed by atoms with Crippen LogP contribution in [0, 0.1) is 6.92 Å². The standard InChI is InChI=1S/C59H66N2/c1-35(2)42-14-21-46(22-15-42)60(47-23-16-43(17-24-47)36(3)4)56-33-53(39(9)10)49-28-30-52-57(34-54(40(11)12)50-27-29-51(56)58(49)59(50)52)61(48-25-18-44(19-26-48)37(5)6)55-31-20-45(38(7)8)32-41(55)13/h14-40H,1-13H3. The van der Waals surface area contributed by atoms with Gasteiger partial charge in [0.05, 0.1) is 11.4 Å². The Kier molecular flexibility index (Phi) is 11.5. The number of aryl methyl sites for hydroxylation is 1. The number of rotatable bonds is 12. The van der Waals surface area contributed by atoms with Crippen LogP contribution in [0.2, 0.25) is 0 Å². The van der Waals surface area contributed by atoms with Gasteiger partial charge in [-0.2, -0.15) is 0 Å². The molecule has 0 heterocycles. The maximum atomic E-state index is 2.55. The Labute approximate surface area is 366 Å². The third-order valence-corrected chi connectivity index (χ3v) is 13.2. The predicted octanol–water partition coefficient (Wildman–Crippen LogP) is 18.6. The first-order valence-electron chi connectivity index (χ1n) is 22.9. The summed E-state index contributed by atoms with van der Waals surface area (Å²) in [6, 6.07) is 49.6. The largest absolute Gasteiger partial charge is 0.310 e. The van der Waals surface area contributed by atoms with Crippen LogP contribution in [0.3, 0.4) is 0 Å². The predicted molar refractivity (Wildman–Crippen MR) is 269 cm³/mol. The van der Waals surface area contributed by atoms with Gasteiger partial charge in [0.25, 0.3) is 0 Å². The molecule has 8 aromatic rings. The van der Waals surface area contributed by atoms with Gasteiger partial charge in [0, 0.05) is 33.5 Å². The monoisotopic (exact) mass is 803 g/mol. The number of benzene rings is 8. The van der Waals surface area contributed by atoms with E-state index in [1.54, 1.807) is 0 Å². The Morgan fingerprint density at radius 3 is 0.967 bits per heavy atom. The van der Waals surface area contributed by atoms with Gasteiger partial charge in [-0.1, -0.05) is 156 Å². The highest BCUT2D eigenvalue weighted by atomic mass is 15.2. The van der Waals surface area contributed by atoms with Crippen LogP contribution in [0.5, 0.6) is 0 Å². The van der Waals surface area contributed by atoms with Gasteiger partial charge in [0.2, 0.25) is 0 Å². The van der Waals surface area contributed by atoms with Gasteiger partial charge in [0.1, 0.15) is 0 Å². The van der Waals surface area contributed by atoms with Crippen LogP contribution in [0.25, 0.3) is 32.3 Å². The third-order valence-electron chi connectivity index (χ3n) is 13.2. The molecule has 0 aliphatic rings. The van der Waals surface area contributed by atoms with Gasteiger partial charge in [-0.25, -0.2) is 0 Å². The van der Waals surface area contributed by atoms with E-state index in [1.165, 1.54) is 105 Å². The van der Waals surface area contributed by atoms with Crippen molar-refractivity contribution in [2.45, 2.75) is 126 Å². The molecule has 0 fully saturated rings. The second kappa shape index (κ2) is 16.7. The molecule has 0 atom stereocenters. The zero-order valence-electron chi connectivity index (χ0n) is 39.0. The fraction of sp³-hybridized carbons (Fsp3) is 0.322. The molecule has 312 valence electrons. The average Bonchev–Trinajstić information content (AvgIpc) is 3.24. The van der Waals surface area contributed by atoms with Crippen molar-refractivity contribution in [3.8, 4) is 0 Å². The molecule has 0 saturated carbocycles. The summed E-state index contributed by atoms with van der Waals surface area (Å²) in [7, 11) is 0. The number of hydrogen-bond donors (Lipinski definition) is 0. The van der Waals surface area contributed by atoms with Crippen molar-refractivity contribution in [1.82, 2.24) is 0 Å². The lowest BCUT2D eigenvalue weighted by molar-refractivity contribution is 0.864. The topological polar surface area (TPSA) is 6.48 Å². The van der Waals surface area contributed by atoms with E-state index in [2.05, 4.69) is 227 Å². The van der Waals surface area contributed by atoms with E-state index in [0.717, 1.165) is 0 Å². The fourth-order valence-corrected chi connectivity index (χ4v) is 9.48. The summed E-state index contributed by atoms with van der Waals surface area (Å²) in [5, 5.41) is 7.94. The zero-order valence-corrected chi connectivity index (χ0v) is 39.0. The van der Waals surface area contributed by atoms with Crippen LogP contribution in [0.4, 0.5) is 34.1 Å². The summed E-state index contributed by atoms with van der Waals surface area (Å²) in [5.74, 6) is 2.48. The Bertz CT molecular complexity index is 2750. The summed E-state index contributed by atoms with van der Waals surface area (Å²) >= 11 is 0. The van der Waals surface area contributed by atoms with Crippen molar-refractivity contribution in [2.75, 3.05) is 9.80 Å². The molecule has 2 heteroatoms. The van der Waals surface area contributed by atoms with Crippen molar-refractivity contribution in [1.29, 1.82) is 0 Å². The van der Waals surface area contributed by atoms with Crippen LogP contribution in [0.15, 0.2) is 127 Å². The van der Waals surface area contributed by atoms with Crippen LogP contribution in [0.1, 0.15) is 158 Å². The Morgan fingerprint density at radius 2 is 0.623 bits per heavy atom. The van der Waals surface area contributed by atoms with Crippen molar-refractivity contribution in [2.24, 2.45) is 0 Å². The lowest BCUT2D eigenvalue weighted by atomic mass is 9.84. The second-order valence-corrected chi connectivity index (χ2v) is 19.5. The summed E-state index contributed by atoms with van der Waals surface area (Å²) < 4.78 is 0. The van der Waals surface area contributed by atoms with Gasteiger partial charge in [-0.05, 0) is 158 Å². The lowest BCUT2D eigenvalue weighted by Crippen LogP contribution is -2.14. The van der Waals surface area contributed by atoms with E-state index in [4.69, 9.17) is 0 Å². The van der Waals surface area contributed by atoms with Crippen molar-refractivity contribution in [3.05, 3.63) is 166 Å². The molecule has 8 aromatic carbocycles. The van der Waals surface area contributed by atoms with Crippen LogP contribution < -0.4 is 9.80 Å². The van der Waals surface area contributed by atoms with Crippen LogP contribution in [-0.2, 0) is 0 Å². The molecule has 0 aromatic heterocycles. The van der Waals surface area contributed by atoms with Crippen molar-refractivity contribution >= 4 is 66.4 Å². The van der Waals surface area contributed by atoms with Crippen molar-refractivity contribution < 1.29 is 0 Å². The average molecular weight is 803 g/mol.